The van der Waals surface area contributed by atoms with Crippen LogP contribution < -0.4 is 5.32 Å². The summed E-state index contributed by atoms with van der Waals surface area (Å²) >= 11 is 4.84. The van der Waals surface area contributed by atoms with E-state index in [1.807, 2.05) is 6.92 Å². The van der Waals surface area contributed by atoms with Crippen molar-refractivity contribution in [1.29, 1.82) is 0 Å². The third-order valence-corrected chi connectivity index (χ3v) is 2.75. The second-order valence-corrected chi connectivity index (χ2v) is 4.72. The third kappa shape index (κ3) is 2.95. The number of halogens is 1. The van der Waals surface area contributed by atoms with Gasteiger partial charge in [-0.05, 0) is 43.4 Å². The number of carbonyl (C=O) groups excluding carboxylic acids is 1. The second kappa shape index (κ2) is 4.89. The zero-order valence-electron chi connectivity index (χ0n) is 9.73. The highest BCUT2D eigenvalue weighted by Gasteiger charge is 2.34. The molecule has 0 aromatic heterocycles. The Bertz CT molecular complexity index is 477. The van der Waals surface area contributed by atoms with Gasteiger partial charge in [0.2, 0.25) is 0 Å². The van der Waals surface area contributed by atoms with Crippen LogP contribution in [0.3, 0.4) is 0 Å². The lowest BCUT2D eigenvalue weighted by Crippen LogP contribution is -2.45. The van der Waals surface area contributed by atoms with Crippen LogP contribution >= 0.6 is 12.2 Å². The predicted molar refractivity (Wildman–Crippen MR) is 66.8 cm³/mol. The summed E-state index contributed by atoms with van der Waals surface area (Å²) in [5.74, 6) is -0.898. The number of hydrogen-bond acceptors (Lipinski definition) is 4. The van der Waals surface area contributed by atoms with Crippen molar-refractivity contribution in [3.8, 4) is 0 Å². The van der Waals surface area contributed by atoms with Crippen molar-refractivity contribution >= 4 is 23.4 Å². The molecule has 1 fully saturated rings. The first-order chi connectivity index (χ1) is 8.48. The number of hydrogen-bond donors (Lipinski definition) is 1. The van der Waals surface area contributed by atoms with E-state index in [9.17, 15) is 9.18 Å². The summed E-state index contributed by atoms with van der Waals surface area (Å²) < 4.78 is 22.9. The summed E-state index contributed by atoms with van der Waals surface area (Å²) in [5.41, 5.74) is -0.200. The van der Waals surface area contributed by atoms with Gasteiger partial charge < -0.3 is 14.8 Å². The molecule has 1 saturated heterocycles. The molecule has 1 aliphatic rings. The van der Waals surface area contributed by atoms with Gasteiger partial charge in [-0.2, -0.15) is 0 Å². The van der Waals surface area contributed by atoms with Crippen LogP contribution in [0.2, 0.25) is 0 Å². The topological polar surface area (TPSA) is 47.6 Å². The number of esters is 1. The minimum atomic E-state index is -0.507. The summed E-state index contributed by atoms with van der Waals surface area (Å²) in [7, 11) is 0. The molecule has 0 amide bonds. The molecule has 1 unspecified atom stereocenters. The smallest absolute Gasteiger partial charge is 0.338 e. The number of ether oxygens (including phenoxy) is 2. The Kier molecular flexibility index (Phi) is 3.47. The van der Waals surface area contributed by atoms with E-state index in [0.29, 0.717) is 17.3 Å². The molecule has 4 nitrogen and oxygen atoms in total. The third-order valence-electron chi connectivity index (χ3n) is 2.53. The summed E-state index contributed by atoms with van der Waals surface area (Å²) in [5, 5.41) is 3.22. The highest BCUT2D eigenvalue weighted by Crippen LogP contribution is 2.14. The van der Waals surface area contributed by atoms with Gasteiger partial charge in [0.25, 0.3) is 5.17 Å². The summed E-state index contributed by atoms with van der Waals surface area (Å²) in [4.78, 5) is 11.7. The summed E-state index contributed by atoms with van der Waals surface area (Å²) in [6.07, 6.45) is 0. The van der Waals surface area contributed by atoms with E-state index in [0.717, 1.165) is 0 Å². The predicted octanol–water partition coefficient (Wildman–Crippen LogP) is 1.65. The van der Waals surface area contributed by atoms with Gasteiger partial charge >= 0.3 is 5.97 Å². The average Bonchev–Trinajstić information content (AvgIpc) is 2.68. The van der Waals surface area contributed by atoms with Gasteiger partial charge in [-0.15, -0.1) is 0 Å². The van der Waals surface area contributed by atoms with Crippen LogP contribution in [-0.4, -0.2) is 29.9 Å². The molecule has 1 heterocycles. The van der Waals surface area contributed by atoms with Gasteiger partial charge in [0.05, 0.1) is 5.56 Å². The fraction of sp³-hybridized carbons (Fsp3) is 0.333. The Morgan fingerprint density at radius 2 is 2.22 bits per heavy atom. The molecule has 0 saturated carbocycles. The Morgan fingerprint density at radius 3 is 2.78 bits per heavy atom. The van der Waals surface area contributed by atoms with Crippen molar-refractivity contribution in [3.05, 3.63) is 35.6 Å². The van der Waals surface area contributed by atoms with E-state index in [-0.39, 0.29) is 6.61 Å². The first kappa shape index (κ1) is 12.8. The van der Waals surface area contributed by atoms with E-state index in [1.54, 1.807) is 0 Å². The van der Waals surface area contributed by atoms with E-state index < -0.39 is 17.3 Å². The maximum Gasteiger partial charge on any atom is 0.338 e. The molecule has 0 aliphatic carbocycles. The lowest BCUT2D eigenvalue weighted by Gasteiger charge is -2.20. The average molecular weight is 269 g/mol. The molecule has 1 aliphatic heterocycles. The first-order valence-electron chi connectivity index (χ1n) is 5.36. The van der Waals surface area contributed by atoms with Crippen LogP contribution in [0.15, 0.2) is 24.3 Å². The SMILES string of the molecule is CC1(COC(=O)c2ccc(F)cc2)COC(=S)N1. The quantitative estimate of drug-likeness (QED) is 0.668. The van der Waals surface area contributed by atoms with Gasteiger partial charge in [0.15, 0.2) is 0 Å². The van der Waals surface area contributed by atoms with Gasteiger partial charge in [0.1, 0.15) is 24.6 Å². The molecule has 1 N–H and O–H groups in total. The fourth-order valence-electron chi connectivity index (χ4n) is 1.52. The first-order valence-corrected chi connectivity index (χ1v) is 5.77. The molecular formula is C12H12FNO3S. The Morgan fingerprint density at radius 1 is 1.56 bits per heavy atom. The maximum absolute atomic E-state index is 12.7. The van der Waals surface area contributed by atoms with Crippen molar-refractivity contribution in [2.24, 2.45) is 0 Å². The largest absolute Gasteiger partial charge is 0.468 e. The summed E-state index contributed by atoms with van der Waals surface area (Å²) in [6.45, 7) is 2.32. The zero-order valence-corrected chi connectivity index (χ0v) is 10.6. The Balaban J connectivity index is 1.92. The monoisotopic (exact) mass is 269 g/mol. The van der Waals surface area contributed by atoms with Crippen molar-refractivity contribution in [1.82, 2.24) is 5.32 Å². The molecule has 0 spiro atoms. The van der Waals surface area contributed by atoms with Crippen LogP contribution in [-0.2, 0) is 9.47 Å². The fourth-order valence-corrected chi connectivity index (χ4v) is 1.82. The number of benzene rings is 1. The molecule has 0 radical (unpaired) electrons. The van der Waals surface area contributed by atoms with Gasteiger partial charge in [0, 0.05) is 0 Å². The van der Waals surface area contributed by atoms with Crippen molar-refractivity contribution < 1.29 is 18.7 Å². The molecule has 96 valence electrons. The van der Waals surface area contributed by atoms with Crippen LogP contribution in [0.1, 0.15) is 17.3 Å². The van der Waals surface area contributed by atoms with Crippen LogP contribution in [0.4, 0.5) is 4.39 Å². The number of carbonyl (C=O) groups is 1. The Hall–Kier alpha value is -1.69. The number of rotatable bonds is 3. The zero-order chi connectivity index (χ0) is 13.2. The highest BCUT2D eigenvalue weighted by atomic mass is 32.1. The van der Waals surface area contributed by atoms with Crippen LogP contribution in [0, 0.1) is 5.82 Å². The minimum absolute atomic E-state index is 0.128. The summed E-state index contributed by atoms with van der Waals surface area (Å²) in [6, 6.07) is 5.18. The molecule has 1 aromatic rings. The standard InChI is InChI=1S/C12H12FNO3S/c1-12(7-17-11(18)14-12)6-16-10(15)8-2-4-9(13)5-3-8/h2-5H,6-7H2,1H3,(H,14,18). The number of nitrogens with one attached hydrogen (secondary N) is 1. The van der Waals surface area contributed by atoms with E-state index in [2.05, 4.69) is 5.32 Å². The highest BCUT2D eigenvalue weighted by molar-refractivity contribution is 7.80. The maximum atomic E-state index is 12.7. The molecule has 6 heteroatoms. The normalized spacial score (nSPS) is 22.2. The number of thiocarbonyl (C=S) groups is 1. The van der Waals surface area contributed by atoms with E-state index in [4.69, 9.17) is 21.7 Å². The van der Waals surface area contributed by atoms with Crippen molar-refractivity contribution in [2.45, 2.75) is 12.5 Å². The lowest BCUT2D eigenvalue weighted by molar-refractivity contribution is 0.0391. The molecule has 1 atom stereocenters. The molecule has 1 aromatic carbocycles. The van der Waals surface area contributed by atoms with Gasteiger partial charge in [-0.1, -0.05) is 0 Å². The lowest BCUT2D eigenvalue weighted by atomic mass is 10.1. The van der Waals surface area contributed by atoms with E-state index in [1.165, 1.54) is 24.3 Å². The molecule has 2 rings (SSSR count). The molecule has 18 heavy (non-hydrogen) atoms. The second-order valence-electron chi connectivity index (χ2n) is 4.34. The van der Waals surface area contributed by atoms with Gasteiger partial charge in [-0.3, -0.25) is 0 Å². The van der Waals surface area contributed by atoms with Crippen molar-refractivity contribution in [2.75, 3.05) is 13.2 Å². The minimum Gasteiger partial charge on any atom is -0.468 e. The Labute approximate surface area is 109 Å². The van der Waals surface area contributed by atoms with E-state index >= 15 is 0 Å². The van der Waals surface area contributed by atoms with Gasteiger partial charge in [-0.25, -0.2) is 9.18 Å². The van der Waals surface area contributed by atoms with Crippen LogP contribution in [0.5, 0.6) is 0 Å². The molecular weight excluding hydrogens is 257 g/mol. The molecule has 0 bridgehead atoms. The van der Waals surface area contributed by atoms with Crippen molar-refractivity contribution in [3.63, 3.8) is 0 Å². The van der Waals surface area contributed by atoms with Crippen LogP contribution in [0.25, 0.3) is 0 Å².